The Morgan fingerprint density at radius 1 is 1.20 bits per heavy atom. The molecule has 2 N–H and O–H groups in total. The lowest BCUT2D eigenvalue weighted by atomic mass is 9.96. The highest BCUT2D eigenvalue weighted by molar-refractivity contribution is 7.80. The number of thiocarbonyl (C=S) groups is 1. The van der Waals surface area contributed by atoms with E-state index in [1.165, 1.54) is 29.9 Å². The zero-order valence-electron chi connectivity index (χ0n) is 20.4. The Hall–Kier alpha value is -2.78. The van der Waals surface area contributed by atoms with Crippen molar-refractivity contribution in [2.45, 2.75) is 65.8 Å². The van der Waals surface area contributed by atoms with Gasteiger partial charge in [-0.1, -0.05) is 25.0 Å². The number of nitrogens with zero attached hydrogens (tertiary/aromatic N) is 2. The molecule has 0 spiro atoms. The molecule has 0 fully saturated rings. The van der Waals surface area contributed by atoms with Crippen molar-refractivity contribution < 1.29 is 13.9 Å². The van der Waals surface area contributed by atoms with Crippen LogP contribution in [0.3, 0.4) is 0 Å². The van der Waals surface area contributed by atoms with Crippen LogP contribution in [0.4, 0.5) is 15.1 Å². The quantitative estimate of drug-likeness (QED) is 0.293. The van der Waals surface area contributed by atoms with E-state index in [1.807, 2.05) is 31.5 Å². The lowest BCUT2D eigenvalue weighted by Crippen LogP contribution is -2.21. The van der Waals surface area contributed by atoms with Crippen molar-refractivity contribution >= 4 is 45.3 Å². The third-order valence-corrected chi connectivity index (χ3v) is 7.63. The van der Waals surface area contributed by atoms with Crippen LogP contribution in [0, 0.1) is 19.7 Å². The monoisotopic (exact) mass is 514 g/mol. The van der Waals surface area contributed by atoms with Gasteiger partial charge in [0.15, 0.2) is 5.11 Å². The molecule has 0 saturated carbocycles. The summed E-state index contributed by atoms with van der Waals surface area (Å²) in [6.45, 7) is 6.46. The number of esters is 1. The molecule has 0 saturated heterocycles. The van der Waals surface area contributed by atoms with Crippen LogP contribution >= 0.6 is 23.6 Å². The number of anilines is 2. The summed E-state index contributed by atoms with van der Waals surface area (Å²) in [5.74, 6) is -0.568. The Balaban J connectivity index is 1.55. The number of hydrogen-bond acceptors (Lipinski definition) is 5. The number of carbonyl (C=O) groups is 1. The Bertz CT molecular complexity index is 1230. The fourth-order valence-electron chi connectivity index (χ4n) is 4.51. The highest BCUT2D eigenvalue weighted by Gasteiger charge is 2.26. The van der Waals surface area contributed by atoms with E-state index in [1.54, 1.807) is 17.4 Å². The van der Waals surface area contributed by atoms with Gasteiger partial charge in [0.25, 0.3) is 0 Å². The lowest BCUT2D eigenvalue weighted by Gasteiger charge is -2.13. The van der Waals surface area contributed by atoms with Gasteiger partial charge in [-0.05, 0) is 81.9 Å². The zero-order chi connectivity index (χ0) is 24.9. The summed E-state index contributed by atoms with van der Waals surface area (Å²) in [6, 6.07) is 6.51. The molecular formula is C26H31FN4O2S2. The van der Waals surface area contributed by atoms with Crippen molar-refractivity contribution in [3.8, 4) is 0 Å². The van der Waals surface area contributed by atoms with E-state index in [9.17, 15) is 9.18 Å². The topological polar surface area (TPSA) is 68.2 Å². The van der Waals surface area contributed by atoms with E-state index >= 15 is 0 Å². The van der Waals surface area contributed by atoms with Gasteiger partial charge in [-0.15, -0.1) is 11.3 Å². The Kier molecular flexibility index (Phi) is 8.18. The van der Waals surface area contributed by atoms with Crippen molar-refractivity contribution in [1.29, 1.82) is 0 Å². The summed E-state index contributed by atoms with van der Waals surface area (Å²) in [7, 11) is 0. The van der Waals surface area contributed by atoms with Gasteiger partial charge in [0, 0.05) is 4.88 Å². The van der Waals surface area contributed by atoms with Gasteiger partial charge < -0.3 is 15.4 Å². The molecule has 1 aromatic carbocycles. The van der Waals surface area contributed by atoms with Crippen molar-refractivity contribution in [2.24, 2.45) is 0 Å². The molecule has 6 nitrogen and oxygen atoms in total. The molecule has 2 heterocycles. The number of hydrogen-bond donors (Lipinski definition) is 2. The minimum absolute atomic E-state index is 0.268. The Morgan fingerprint density at radius 3 is 2.71 bits per heavy atom. The maximum atomic E-state index is 13.6. The van der Waals surface area contributed by atoms with Crippen LogP contribution in [0.25, 0.3) is 0 Å². The SMILES string of the molecule is CCOC(=O)c1c(NC(=S)Nc2c(C)nn(Cc3cccc(F)c3)c2C)sc2c1CCCCCC2. The minimum atomic E-state index is -0.300. The molecule has 3 aromatic rings. The van der Waals surface area contributed by atoms with Gasteiger partial charge in [0.1, 0.15) is 10.8 Å². The molecule has 0 bridgehead atoms. The maximum Gasteiger partial charge on any atom is 0.341 e. The predicted molar refractivity (Wildman–Crippen MR) is 143 cm³/mol. The predicted octanol–water partition coefficient (Wildman–Crippen LogP) is 6.39. The number of halogens is 1. The first-order valence-corrected chi connectivity index (χ1v) is 13.3. The minimum Gasteiger partial charge on any atom is -0.462 e. The molecule has 186 valence electrons. The first-order chi connectivity index (χ1) is 16.9. The molecule has 1 aliphatic rings. The number of aryl methyl sites for hydroxylation is 2. The smallest absolute Gasteiger partial charge is 0.341 e. The summed E-state index contributed by atoms with van der Waals surface area (Å²) in [6.07, 6.45) is 6.44. The van der Waals surface area contributed by atoms with Gasteiger partial charge >= 0.3 is 5.97 Å². The summed E-state index contributed by atoms with van der Waals surface area (Å²) in [5.41, 5.74) is 5.03. The molecule has 0 aliphatic heterocycles. The first-order valence-electron chi connectivity index (χ1n) is 12.1. The summed E-state index contributed by atoms with van der Waals surface area (Å²) >= 11 is 7.24. The average Bonchev–Trinajstić information content (AvgIpc) is 3.25. The standard InChI is InChI=1S/C26H31FN4O2S2/c1-4-33-25(32)22-20-12-7-5-6-8-13-21(20)35-24(22)29-26(34)28-23-16(2)30-31(17(23)3)15-18-10-9-11-19(27)14-18/h9-11,14H,4-8,12-13,15H2,1-3H3,(H2,28,29,34). The van der Waals surface area contributed by atoms with E-state index in [2.05, 4.69) is 15.7 Å². The van der Waals surface area contributed by atoms with Gasteiger partial charge in [-0.2, -0.15) is 5.10 Å². The van der Waals surface area contributed by atoms with Crippen LogP contribution in [0.1, 0.15) is 70.4 Å². The summed E-state index contributed by atoms with van der Waals surface area (Å²) in [5, 5.41) is 12.3. The molecule has 0 unspecified atom stereocenters. The van der Waals surface area contributed by atoms with Crippen LogP contribution in [-0.2, 0) is 24.1 Å². The number of nitrogens with one attached hydrogen (secondary N) is 2. The molecule has 35 heavy (non-hydrogen) atoms. The number of fused-ring (bicyclic) bond motifs is 1. The fraction of sp³-hybridized carbons (Fsp3) is 0.423. The van der Waals surface area contributed by atoms with E-state index in [0.29, 0.717) is 23.8 Å². The van der Waals surface area contributed by atoms with Crippen LogP contribution in [0.2, 0.25) is 0 Å². The van der Waals surface area contributed by atoms with E-state index in [4.69, 9.17) is 17.0 Å². The Labute approximate surface area is 214 Å². The van der Waals surface area contributed by atoms with Gasteiger partial charge in [0.2, 0.25) is 0 Å². The summed E-state index contributed by atoms with van der Waals surface area (Å²) in [4.78, 5) is 14.1. The van der Waals surface area contributed by atoms with Crippen molar-refractivity contribution in [3.05, 3.63) is 63.0 Å². The molecule has 0 atom stereocenters. The molecule has 4 rings (SSSR count). The lowest BCUT2D eigenvalue weighted by molar-refractivity contribution is 0.0526. The number of thiophene rings is 1. The summed E-state index contributed by atoms with van der Waals surface area (Å²) < 4.78 is 20.8. The van der Waals surface area contributed by atoms with E-state index < -0.39 is 0 Å². The Morgan fingerprint density at radius 2 is 1.97 bits per heavy atom. The van der Waals surface area contributed by atoms with Gasteiger partial charge in [-0.25, -0.2) is 9.18 Å². The normalized spacial score (nSPS) is 13.5. The van der Waals surface area contributed by atoms with E-state index in [-0.39, 0.29) is 11.8 Å². The number of ether oxygens (including phenoxy) is 1. The van der Waals surface area contributed by atoms with Crippen LogP contribution in [0.5, 0.6) is 0 Å². The fourth-order valence-corrected chi connectivity index (χ4v) is 6.07. The molecule has 0 amide bonds. The first kappa shape index (κ1) is 25.3. The molecule has 9 heteroatoms. The largest absolute Gasteiger partial charge is 0.462 e. The average molecular weight is 515 g/mol. The highest BCUT2D eigenvalue weighted by atomic mass is 32.1. The second-order valence-corrected chi connectivity index (χ2v) is 10.3. The van der Waals surface area contributed by atoms with E-state index in [0.717, 1.165) is 58.9 Å². The maximum absolute atomic E-state index is 13.6. The van der Waals surface area contributed by atoms with Gasteiger partial charge in [0.05, 0.1) is 35.8 Å². The number of benzene rings is 1. The second-order valence-electron chi connectivity index (χ2n) is 8.76. The molecule has 1 aliphatic carbocycles. The third kappa shape index (κ3) is 5.90. The van der Waals surface area contributed by atoms with Crippen molar-refractivity contribution in [2.75, 3.05) is 17.2 Å². The van der Waals surface area contributed by atoms with Crippen LogP contribution in [0.15, 0.2) is 24.3 Å². The highest BCUT2D eigenvalue weighted by Crippen LogP contribution is 2.38. The zero-order valence-corrected chi connectivity index (χ0v) is 22.0. The number of rotatable bonds is 6. The van der Waals surface area contributed by atoms with Crippen LogP contribution < -0.4 is 10.6 Å². The second kappa shape index (κ2) is 11.3. The third-order valence-electron chi connectivity index (χ3n) is 6.22. The number of aromatic nitrogens is 2. The molecule has 2 aromatic heterocycles. The van der Waals surface area contributed by atoms with Crippen molar-refractivity contribution in [1.82, 2.24) is 9.78 Å². The molecule has 0 radical (unpaired) electrons. The van der Waals surface area contributed by atoms with Crippen LogP contribution in [-0.4, -0.2) is 27.5 Å². The van der Waals surface area contributed by atoms with Crippen molar-refractivity contribution in [3.63, 3.8) is 0 Å². The molecular weight excluding hydrogens is 483 g/mol. The van der Waals surface area contributed by atoms with Gasteiger partial charge in [-0.3, -0.25) is 4.68 Å². The number of carbonyl (C=O) groups excluding carboxylic acids is 1.